The second-order valence-electron chi connectivity index (χ2n) is 5.16. The van der Waals surface area contributed by atoms with Crippen LogP contribution >= 0.6 is 11.3 Å². The van der Waals surface area contributed by atoms with Crippen LogP contribution in [0, 0.1) is 0 Å². The molecule has 0 spiro atoms. The van der Waals surface area contributed by atoms with Crippen LogP contribution in [-0.4, -0.2) is 37.5 Å². The molecule has 108 valence electrons. The van der Waals surface area contributed by atoms with Gasteiger partial charge in [0.1, 0.15) is 22.9 Å². The average molecular weight is 297 g/mol. The Hall–Kier alpha value is -1.93. The minimum Gasteiger partial charge on any atom is -0.477 e. The number of carbonyl (C=O) groups is 2. The number of hydrogen-bond donors (Lipinski definition) is 1. The van der Waals surface area contributed by atoms with Crippen molar-refractivity contribution in [3.8, 4) is 0 Å². The lowest BCUT2D eigenvalue weighted by Gasteiger charge is -2.26. The summed E-state index contributed by atoms with van der Waals surface area (Å²) < 4.78 is 1.51. The van der Waals surface area contributed by atoms with Gasteiger partial charge in [-0.25, -0.2) is 14.8 Å². The average Bonchev–Trinajstić information content (AvgIpc) is 2.89. The van der Waals surface area contributed by atoms with E-state index in [0.29, 0.717) is 17.1 Å². The zero-order valence-electron chi connectivity index (χ0n) is 11.4. The maximum Gasteiger partial charge on any atom is 0.353 e. The highest BCUT2D eigenvalue weighted by Crippen LogP contribution is 2.20. The lowest BCUT2D eigenvalue weighted by Crippen LogP contribution is -2.33. The SMILES string of the molecule is CC(C)(C)ON(C=O)Cc1ncc2scc(C(=O)O)n12. The molecule has 2 rings (SSSR count). The van der Waals surface area contributed by atoms with E-state index in [-0.39, 0.29) is 12.2 Å². The summed E-state index contributed by atoms with van der Waals surface area (Å²) in [5.74, 6) is -0.597. The van der Waals surface area contributed by atoms with Gasteiger partial charge in [0.2, 0.25) is 6.41 Å². The zero-order valence-corrected chi connectivity index (χ0v) is 12.2. The van der Waals surface area contributed by atoms with Crippen LogP contribution in [0.5, 0.6) is 0 Å². The number of carboxylic acid groups (broad SMARTS) is 1. The number of imidazole rings is 1. The van der Waals surface area contributed by atoms with Crippen molar-refractivity contribution in [3.05, 3.63) is 23.1 Å². The number of hydroxylamine groups is 2. The molecule has 7 nitrogen and oxygen atoms in total. The highest BCUT2D eigenvalue weighted by atomic mass is 32.1. The molecule has 8 heteroatoms. The van der Waals surface area contributed by atoms with Crippen molar-refractivity contribution in [3.63, 3.8) is 0 Å². The molecule has 0 unspecified atom stereocenters. The molecule has 2 heterocycles. The highest BCUT2D eigenvalue weighted by Gasteiger charge is 2.20. The largest absolute Gasteiger partial charge is 0.477 e. The highest BCUT2D eigenvalue weighted by molar-refractivity contribution is 7.15. The van der Waals surface area contributed by atoms with Crippen LogP contribution in [0.25, 0.3) is 4.83 Å². The fourth-order valence-electron chi connectivity index (χ4n) is 1.72. The van der Waals surface area contributed by atoms with Crippen molar-refractivity contribution in [2.24, 2.45) is 0 Å². The number of nitrogens with zero attached hydrogens (tertiary/aromatic N) is 3. The van der Waals surface area contributed by atoms with Crippen LogP contribution in [0.1, 0.15) is 37.1 Å². The number of amides is 1. The van der Waals surface area contributed by atoms with Crippen LogP contribution in [0.2, 0.25) is 0 Å². The molecule has 2 aromatic rings. The Morgan fingerprint density at radius 3 is 2.85 bits per heavy atom. The Labute approximate surface area is 119 Å². The van der Waals surface area contributed by atoms with Gasteiger partial charge in [0.25, 0.3) is 0 Å². The van der Waals surface area contributed by atoms with E-state index in [2.05, 4.69) is 4.98 Å². The summed E-state index contributed by atoms with van der Waals surface area (Å²) in [6.07, 6.45) is 2.13. The van der Waals surface area contributed by atoms with Gasteiger partial charge >= 0.3 is 5.97 Å². The van der Waals surface area contributed by atoms with E-state index in [9.17, 15) is 9.59 Å². The van der Waals surface area contributed by atoms with Crippen LogP contribution in [0.3, 0.4) is 0 Å². The predicted molar refractivity (Wildman–Crippen MR) is 72.5 cm³/mol. The first-order valence-electron chi connectivity index (χ1n) is 5.90. The van der Waals surface area contributed by atoms with Crippen molar-refractivity contribution in [2.45, 2.75) is 32.9 Å². The second-order valence-corrected chi connectivity index (χ2v) is 6.05. The normalized spacial score (nSPS) is 11.8. The molecule has 0 aliphatic carbocycles. The Balaban J connectivity index is 2.31. The lowest BCUT2D eigenvalue weighted by atomic mass is 10.2. The first kappa shape index (κ1) is 14.5. The summed E-state index contributed by atoms with van der Waals surface area (Å²) in [7, 11) is 0. The van der Waals surface area contributed by atoms with E-state index in [1.165, 1.54) is 15.7 Å². The lowest BCUT2D eigenvalue weighted by molar-refractivity contribution is -0.221. The van der Waals surface area contributed by atoms with Crippen LogP contribution in [-0.2, 0) is 16.2 Å². The topological polar surface area (TPSA) is 84.1 Å². The van der Waals surface area contributed by atoms with Crippen molar-refractivity contribution in [2.75, 3.05) is 0 Å². The first-order chi connectivity index (χ1) is 9.31. The van der Waals surface area contributed by atoms with E-state index >= 15 is 0 Å². The van der Waals surface area contributed by atoms with Gasteiger partial charge in [-0.05, 0) is 20.8 Å². The molecule has 0 fully saturated rings. The van der Waals surface area contributed by atoms with Gasteiger partial charge in [0.05, 0.1) is 11.8 Å². The predicted octanol–water partition coefficient (Wildman–Crippen LogP) is 1.78. The maximum atomic E-state index is 11.2. The van der Waals surface area contributed by atoms with Crippen molar-refractivity contribution >= 4 is 28.5 Å². The summed E-state index contributed by atoms with van der Waals surface area (Å²) in [5, 5.41) is 11.8. The van der Waals surface area contributed by atoms with Crippen LogP contribution < -0.4 is 0 Å². The molecule has 1 amide bonds. The molecule has 0 atom stereocenters. The minimum atomic E-state index is -1.04. The van der Waals surface area contributed by atoms with Crippen LogP contribution in [0.15, 0.2) is 11.6 Å². The van der Waals surface area contributed by atoms with Gasteiger partial charge in [-0.1, -0.05) is 0 Å². The standard InChI is InChI=1S/C12H15N3O4S/c1-12(2,3)19-14(7-16)5-9-13-4-10-15(9)8(6-20-10)11(17)18/h4,6-7H,5H2,1-3H3,(H,17,18). The molecule has 0 bridgehead atoms. The number of carboxylic acids is 1. The molecule has 0 saturated carbocycles. The Morgan fingerprint density at radius 2 is 2.30 bits per heavy atom. The molecule has 0 aliphatic heterocycles. The fraction of sp³-hybridized carbons (Fsp3) is 0.417. The second kappa shape index (κ2) is 5.22. The van der Waals surface area contributed by atoms with E-state index in [1.54, 1.807) is 11.6 Å². The first-order valence-corrected chi connectivity index (χ1v) is 6.78. The van der Waals surface area contributed by atoms with Crippen molar-refractivity contribution < 1.29 is 19.5 Å². The number of thiazole rings is 1. The van der Waals surface area contributed by atoms with Gasteiger partial charge in [0.15, 0.2) is 0 Å². The van der Waals surface area contributed by atoms with Gasteiger partial charge in [-0.2, -0.15) is 0 Å². The third kappa shape index (κ3) is 2.97. The number of aromatic nitrogens is 2. The van der Waals surface area contributed by atoms with E-state index < -0.39 is 11.6 Å². The molecule has 1 N–H and O–H groups in total. The number of carbonyl (C=O) groups excluding carboxylic acids is 1. The van der Waals surface area contributed by atoms with Gasteiger partial charge < -0.3 is 5.11 Å². The fourth-order valence-corrected chi connectivity index (χ4v) is 2.58. The summed E-state index contributed by atoms with van der Waals surface area (Å²) in [5.41, 5.74) is -0.402. The smallest absolute Gasteiger partial charge is 0.353 e. The van der Waals surface area contributed by atoms with E-state index in [4.69, 9.17) is 9.94 Å². The molecular weight excluding hydrogens is 282 g/mol. The molecular formula is C12H15N3O4S. The molecule has 20 heavy (non-hydrogen) atoms. The van der Waals surface area contributed by atoms with Crippen molar-refractivity contribution in [1.82, 2.24) is 14.4 Å². The summed E-state index contributed by atoms with van der Waals surface area (Å²) in [4.78, 5) is 32.5. The van der Waals surface area contributed by atoms with Gasteiger partial charge in [-0.3, -0.25) is 14.0 Å². The molecule has 0 aromatic carbocycles. The molecule has 0 aliphatic rings. The Bertz CT molecular complexity index is 641. The zero-order chi connectivity index (χ0) is 14.9. The van der Waals surface area contributed by atoms with Gasteiger partial charge in [0, 0.05) is 5.38 Å². The Kier molecular flexibility index (Phi) is 3.78. The molecule has 2 aromatic heterocycles. The quantitative estimate of drug-likeness (QED) is 0.672. The number of fused-ring (bicyclic) bond motifs is 1. The summed E-state index contributed by atoms with van der Waals surface area (Å²) in [6, 6.07) is 0. The van der Waals surface area contributed by atoms with Gasteiger partial charge in [-0.15, -0.1) is 11.3 Å². The summed E-state index contributed by atoms with van der Waals surface area (Å²) in [6.45, 7) is 5.53. The third-order valence-corrected chi connectivity index (χ3v) is 3.23. The van der Waals surface area contributed by atoms with Crippen LogP contribution in [0.4, 0.5) is 0 Å². The number of hydrogen-bond acceptors (Lipinski definition) is 5. The van der Waals surface area contributed by atoms with Crippen molar-refractivity contribution in [1.29, 1.82) is 0 Å². The maximum absolute atomic E-state index is 11.2. The number of rotatable bonds is 5. The minimum absolute atomic E-state index is 0.0753. The van der Waals surface area contributed by atoms with E-state index in [0.717, 1.165) is 5.06 Å². The summed E-state index contributed by atoms with van der Waals surface area (Å²) >= 11 is 1.28. The Morgan fingerprint density at radius 1 is 1.60 bits per heavy atom. The molecule has 0 radical (unpaired) electrons. The third-order valence-electron chi connectivity index (χ3n) is 2.36. The van der Waals surface area contributed by atoms with E-state index in [1.807, 2.05) is 20.8 Å². The number of aromatic carboxylic acids is 1. The monoisotopic (exact) mass is 297 g/mol. The molecule has 0 saturated heterocycles.